The van der Waals surface area contributed by atoms with E-state index in [1.807, 2.05) is 31.2 Å². The Morgan fingerprint density at radius 3 is 2.56 bits per heavy atom. The molecule has 0 saturated heterocycles. The molecular weight excluding hydrogens is 434 g/mol. The number of hydrazone groups is 1. The number of ether oxygens (including phenoxy) is 1. The molecule has 0 aliphatic carbocycles. The van der Waals surface area contributed by atoms with Crippen LogP contribution in [0.2, 0.25) is 0 Å². The molecule has 0 unspecified atom stereocenters. The number of nitrogens with one attached hydrogen (secondary N) is 1. The van der Waals surface area contributed by atoms with E-state index in [0.29, 0.717) is 18.0 Å². The van der Waals surface area contributed by atoms with Gasteiger partial charge in [-0.3, -0.25) is 9.10 Å². The highest BCUT2D eigenvalue weighted by molar-refractivity contribution is 9.10. The zero-order chi connectivity index (χ0) is 19.9. The fraction of sp³-hybridized carbons (Fsp3) is 0.222. The summed E-state index contributed by atoms with van der Waals surface area (Å²) in [5.74, 6) is 0.0679. The summed E-state index contributed by atoms with van der Waals surface area (Å²) in [6.07, 6.45) is 2.52. The lowest BCUT2D eigenvalue weighted by Gasteiger charge is -2.21. The number of halogens is 1. The minimum absolute atomic E-state index is 0.368. The van der Waals surface area contributed by atoms with E-state index in [9.17, 15) is 13.2 Å². The van der Waals surface area contributed by atoms with Crippen LogP contribution in [-0.4, -0.2) is 39.9 Å². The Labute approximate surface area is 167 Å². The number of benzene rings is 2. The number of sulfonamides is 1. The van der Waals surface area contributed by atoms with Gasteiger partial charge in [-0.2, -0.15) is 5.10 Å². The molecule has 1 amide bonds. The summed E-state index contributed by atoms with van der Waals surface area (Å²) in [4.78, 5) is 12.1. The molecule has 0 spiro atoms. The molecule has 0 aliphatic heterocycles. The normalized spacial score (nSPS) is 11.4. The maximum absolute atomic E-state index is 12.1. The van der Waals surface area contributed by atoms with Gasteiger partial charge in [0, 0.05) is 4.47 Å². The van der Waals surface area contributed by atoms with Crippen molar-refractivity contribution in [1.82, 2.24) is 5.43 Å². The highest BCUT2D eigenvalue weighted by atomic mass is 79.9. The predicted octanol–water partition coefficient (Wildman–Crippen LogP) is 2.76. The molecule has 0 bridgehead atoms. The summed E-state index contributed by atoms with van der Waals surface area (Å²) >= 11 is 3.35. The monoisotopic (exact) mass is 453 g/mol. The van der Waals surface area contributed by atoms with E-state index in [1.54, 1.807) is 24.3 Å². The van der Waals surface area contributed by atoms with Crippen molar-refractivity contribution in [2.45, 2.75) is 6.92 Å². The van der Waals surface area contributed by atoms with Crippen molar-refractivity contribution in [1.29, 1.82) is 0 Å². The molecular formula is C18H20BrN3O4S. The van der Waals surface area contributed by atoms with Crippen LogP contribution in [0.5, 0.6) is 5.75 Å². The van der Waals surface area contributed by atoms with Crippen molar-refractivity contribution in [3.05, 3.63) is 58.6 Å². The molecule has 2 aromatic carbocycles. The zero-order valence-electron chi connectivity index (χ0n) is 14.9. The minimum atomic E-state index is -3.65. The summed E-state index contributed by atoms with van der Waals surface area (Å²) < 4.78 is 31.4. The molecule has 0 radical (unpaired) electrons. The standard InChI is InChI=1S/C18H20BrN3O4S/c1-3-26-17-9-7-16(8-10-17)22(27(2,24)25)13-18(23)21-20-12-14-5-4-6-15(19)11-14/h4-12H,3,13H2,1-2H3,(H,21,23)/b20-12-. The molecule has 2 rings (SSSR count). The van der Waals surface area contributed by atoms with Gasteiger partial charge in [0.15, 0.2) is 0 Å². The van der Waals surface area contributed by atoms with Crippen LogP contribution >= 0.6 is 15.9 Å². The Bertz CT molecular complexity index is 914. The maximum Gasteiger partial charge on any atom is 0.260 e. The third-order valence-electron chi connectivity index (χ3n) is 3.37. The Kier molecular flexibility index (Phi) is 7.37. The van der Waals surface area contributed by atoms with Gasteiger partial charge in [0.05, 0.1) is 24.8 Å². The first kappa shape index (κ1) is 20.9. The molecule has 144 valence electrons. The fourth-order valence-corrected chi connectivity index (χ4v) is 3.48. The van der Waals surface area contributed by atoms with Crippen molar-refractivity contribution in [3.63, 3.8) is 0 Å². The Morgan fingerprint density at radius 1 is 1.26 bits per heavy atom. The van der Waals surface area contributed by atoms with Crippen molar-refractivity contribution in [2.24, 2.45) is 5.10 Å². The molecule has 9 heteroatoms. The van der Waals surface area contributed by atoms with Gasteiger partial charge in [-0.05, 0) is 48.9 Å². The van der Waals surface area contributed by atoms with Gasteiger partial charge in [-0.1, -0.05) is 28.1 Å². The SMILES string of the molecule is CCOc1ccc(N(CC(=O)N/N=C\c2cccc(Br)c2)S(C)(=O)=O)cc1. The van der Waals surface area contributed by atoms with E-state index in [0.717, 1.165) is 20.6 Å². The van der Waals surface area contributed by atoms with E-state index in [-0.39, 0.29) is 6.54 Å². The first-order chi connectivity index (χ1) is 12.8. The molecule has 7 nitrogen and oxygen atoms in total. The van der Waals surface area contributed by atoms with Gasteiger partial charge in [0.1, 0.15) is 12.3 Å². The second kappa shape index (κ2) is 9.52. The summed E-state index contributed by atoms with van der Waals surface area (Å²) in [7, 11) is -3.65. The van der Waals surface area contributed by atoms with E-state index in [2.05, 4.69) is 26.5 Å². The third-order valence-corrected chi connectivity index (χ3v) is 5.01. The van der Waals surface area contributed by atoms with Crippen LogP contribution in [0.4, 0.5) is 5.69 Å². The van der Waals surface area contributed by atoms with Crippen molar-refractivity contribution in [3.8, 4) is 5.75 Å². The lowest BCUT2D eigenvalue weighted by atomic mass is 10.2. The molecule has 0 heterocycles. The number of nitrogens with zero attached hydrogens (tertiary/aromatic N) is 2. The second-order valence-corrected chi connectivity index (χ2v) is 8.37. The number of carbonyl (C=O) groups excluding carboxylic acids is 1. The Balaban J connectivity index is 2.06. The van der Waals surface area contributed by atoms with Crippen molar-refractivity contribution in [2.75, 3.05) is 23.7 Å². The fourth-order valence-electron chi connectivity index (χ4n) is 2.21. The summed E-state index contributed by atoms with van der Waals surface area (Å²) in [5, 5.41) is 3.86. The third kappa shape index (κ3) is 6.69. The molecule has 1 N–H and O–H groups in total. The van der Waals surface area contributed by atoms with Crippen molar-refractivity contribution < 1.29 is 17.9 Å². The summed E-state index contributed by atoms with van der Waals surface area (Å²) in [5.41, 5.74) is 3.49. The van der Waals surface area contributed by atoms with E-state index < -0.39 is 15.9 Å². The van der Waals surface area contributed by atoms with Crippen LogP contribution in [0, 0.1) is 0 Å². The molecule has 0 atom stereocenters. The number of hydrogen-bond donors (Lipinski definition) is 1. The van der Waals surface area contributed by atoms with E-state index in [1.165, 1.54) is 6.21 Å². The van der Waals surface area contributed by atoms with E-state index in [4.69, 9.17) is 4.74 Å². The second-order valence-electron chi connectivity index (χ2n) is 5.54. The minimum Gasteiger partial charge on any atom is -0.494 e. The molecule has 27 heavy (non-hydrogen) atoms. The van der Waals surface area contributed by atoms with Crippen LogP contribution < -0.4 is 14.5 Å². The topological polar surface area (TPSA) is 88.1 Å². The summed E-state index contributed by atoms with van der Waals surface area (Å²) in [6, 6.07) is 13.8. The van der Waals surface area contributed by atoms with Crippen LogP contribution in [-0.2, 0) is 14.8 Å². The lowest BCUT2D eigenvalue weighted by Crippen LogP contribution is -2.39. The van der Waals surface area contributed by atoms with Gasteiger partial charge in [-0.25, -0.2) is 13.8 Å². The smallest absolute Gasteiger partial charge is 0.260 e. The highest BCUT2D eigenvalue weighted by Crippen LogP contribution is 2.21. The molecule has 0 saturated carbocycles. The zero-order valence-corrected chi connectivity index (χ0v) is 17.3. The van der Waals surface area contributed by atoms with Crippen LogP contribution in [0.15, 0.2) is 58.1 Å². The Morgan fingerprint density at radius 2 is 1.96 bits per heavy atom. The first-order valence-corrected chi connectivity index (χ1v) is 10.7. The van der Waals surface area contributed by atoms with Gasteiger partial charge < -0.3 is 4.74 Å². The average molecular weight is 454 g/mol. The van der Waals surface area contributed by atoms with Crippen molar-refractivity contribution >= 4 is 43.8 Å². The van der Waals surface area contributed by atoms with Crippen LogP contribution in [0.25, 0.3) is 0 Å². The van der Waals surface area contributed by atoms with Gasteiger partial charge >= 0.3 is 0 Å². The number of anilines is 1. The first-order valence-electron chi connectivity index (χ1n) is 8.07. The van der Waals surface area contributed by atoms with Gasteiger partial charge in [-0.15, -0.1) is 0 Å². The Hall–Kier alpha value is -2.39. The number of amides is 1. The van der Waals surface area contributed by atoms with E-state index >= 15 is 0 Å². The predicted molar refractivity (Wildman–Crippen MR) is 110 cm³/mol. The molecule has 0 aromatic heterocycles. The average Bonchev–Trinajstić information content (AvgIpc) is 2.60. The van der Waals surface area contributed by atoms with Crippen LogP contribution in [0.1, 0.15) is 12.5 Å². The number of hydrogen-bond acceptors (Lipinski definition) is 5. The van der Waals surface area contributed by atoms with Crippen LogP contribution in [0.3, 0.4) is 0 Å². The molecule has 2 aromatic rings. The highest BCUT2D eigenvalue weighted by Gasteiger charge is 2.20. The number of carbonyl (C=O) groups is 1. The number of rotatable bonds is 8. The summed E-state index contributed by atoms with van der Waals surface area (Å²) in [6.45, 7) is 1.98. The largest absolute Gasteiger partial charge is 0.494 e. The molecule has 0 fully saturated rings. The lowest BCUT2D eigenvalue weighted by molar-refractivity contribution is -0.119. The van der Waals surface area contributed by atoms with Gasteiger partial charge in [0.2, 0.25) is 10.0 Å². The quantitative estimate of drug-likeness (QED) is 0.491. The molecule has 0 aliphatic rings. The van der Waals surface area contributed by atoms with Gasteiger partial charge in [0.25, 0.3) is 5.91 Å². The maximum atomic E-state index is 12.1.